The van der Waals surface area contributed by atoms with Crippen molar-refractivity contribution >= 4 is 51.0 Å². The number of hydrogen-bond acceptors (Lipinski definition) is 11. The zero-order chi connectivity index (χ0) is 32.4. The molecule has 0 bridgehead atoms. The van der Waals surface area contributed by atoms with Gasteiger partial charge in [-0.15, -0.1) is 4.68 Å². The van der Waals surface area contributed by atoms with Gasteiger partial charge in [0.15, 0.2) is 23.3 Å². The van der Waals surface area contributed by atoms with E-state index in [9.17, 15) is 50.4 Å². The van der Waals surface area contributed by atoms with Crippen LogP contribution in [0.25, 0.3) is 22.5 Å². The molecule has 0 aliphatic heterocycles. The standard InChI is InChI=1S/C28H17N7O10/c36-25(17-10-12-19(13-11-17)32(38)39)16-30-21-8-4-5-9-22(21)31(29-30)27(28(37)18-6-2-1-3-7-18)26-23(34(42)43)14-20(33(40)41)15-24(26)35(44)45/h1-15H,16H2. The van der Waals surface area contributed by atoms with E-state index in [4.69, 9.17) is 0 Å². The number of para-hydroxylation sites is 2. The fraction of sp³-hybridized carbons (Fsp3) is 0.0357. The first-order chi connectivity index (χ1) is 21.5. The lowest BCUT2D eigenvalue weighted by Gasteiger charge is -2.16. The molecule has 0 aliphatic carbocycles. The Bertz CT molecular complexity index is 2040. The number of fused-ring (bicyclic) bond motifs is 1. The molecule has 0 saturated heterocycles. The van der Waals surface area contributed by atoms with Crippen molar-refractivity contribution in [2.45, 2.75) is 6.54 Å². The normalized spacial score (nSPS) is 11.6. The SMILES string of the molecule is O=C(C[n+]1nn(/C(=C(/[O-])c2ccccc2)c2c([N+](=O)[O-])cc([N+](=O)[O-])cc2[N+](=O)[O-])c2ccccc21)c1ccc([N+](=O)[O-])cc1. The van der Waals surface area contributed by atoms with Crippen LogP contribution in [0.4, 0.5) is 22.7 Å². The summed E-state index contributed by atoms with van der Waals surface area (Å²) in [4.78, 5) is 56.3. The minimum absolute atomic E-state index is 0.0393. The van der Waals surface area contributed by atoms with Crippen molar-refractivity contribution in [3.63, 3.8) is 0 Å². The fourth-order valence-corrected chi connectivity index (χ4v) is 4.62. The smallest absolute Gasteiger partial charge is 0.294 e. The molecule has 4 aromatic carbocycles. The largest absolute Gasteiger partial charge is 0.869 e. The molecule has 45 heavy (non-hydrogen) atoms. The van der Waals surface area contributed by atoms with Gasteiger partial charge < -0.3 is 5.11 Å². The zero-order valence-electron chi connectivity index (χ0n) is 22.6. The monoisotopic (exact) mass is 611 g/mol. The molecule has 5 aromatic rings. The van der Waals surface area contributed by atoms with Gasteiger partial charge in [-0.05, 0) is 35.6 Å². The van der Waals surface area contributed by atoms with Crippen molar-refractivity contribution in [1.82, 2.24) is 9.90 Å². The van der Waals surface area contributed by atoms with Crippen molar-refractivity contribution in [1.29, 1.82) is 0 Å². The van der Waals surface area contributed by atoms with Gasteiger partial charge in [0.25, 0.3) is 22.7 Å². The van der Waals surface area contributed by atoms with Crippen LogP contribution in [0.2, 0.25) is 0 Å². The molecular formula is C28H17N7O10. The summed E-state index contributed by atoms with van der Waals surface area (Å²) in [6.45, 7) is -0.470. The van der Waals surface area contributed by atoms with Crippen LogP contribution >= 0.6 is 0 Å². The van der Waals surface area contributed by atoms with Crippen LogP contribution < -0.4 is 9.79 Å². The number of nitro groups is 4. The van der Waals surface area contributed by atoms with E-state index in [2.05, 4.69) is 5.21 Å². The predicted octanol–water partition coefficient (Wildman–Crippen LogP) is 3.57. The average Bonchev–Trinajstić information content (AvgIpc) is 3.38. The van der Waals surface area contributed by atoms with Crippen molar-refractivity contribution in [3.05, 3.63) is 148 Å². The molecule has 224 valence electrons. The fourth-order valence-electron chi connectivity index (χ4n) is 4.62. The lowest BCUT2D eigenvalue weighted by molar-refractivity contribution is -0.719. The zero-order valence-corrected chi connectivity index (χ0v) is 22.6. The quantitative estimate of drug-likeness (QED) is 0.0552. The molecule has 0 unspecified atom stereocenters. The molecule has 17 heteroatoms. The van der Waals surface area contributed by atoms with Crippen LogP contribution in [0.15, 0.2) is 91.0 Å². The Morgan fingerprint density at radius 1 is 0.689 bits per heavy atom. The van der Waals surface area contributed by atoms with Crippen LogP contribution in [-0.4, -0.2) is 35.4 Å². The number of ketones is 1. The number of aromatic nitrogens is 3. The van der Waals surface area contributed by atoms with Gasteiger partial charge in [0.05, 0.1) is 37.0 Å². The van der Waals surface area contributed by atoms with Gasteiger partial charge >= 0.3 is 0 Å². The van der Waals surface area contributed by atoms with Crippen molar-refractivity contribution in [2.24, 2.45) is 0 Å². The van der Waals surface area contributed by atoms with E-state index in [1.54, 1.807) is 12.1 Å². The topological polar surface area (TPSA) is 234 Å². The molecule has 1 heterocycles. The molecule has 0 N–H and O–H groups in total. The Labute approximate surface area is 250 Å². The summed E-state index contributed by atoms with van der Waals surface area (Å²) in [7, 11) is 0. The summed E-state index contributed by atoms with van der Waals surface area (Å²) in [6, 6.07) is 19.2. The molecule has 5 rings (SSSR count). The van der Waals surface area contributed by atoms with Gasteiger partial charge in [0.1, 0.15) is 0 Å². The summed E-state index contributed by atoms with van der Waals surface area (Å²) < 4.78 is 2.06. The number of carbonyl (C=O) groups excluding carboxylic acids is 1. The van der Waals surface area contributed by atoms with Crippen LogP contribution in [0.1, 0.15) is 21.5 Å². The van der Waals surface area contributed by atoms with Crippen molar-refractivity contribution in [2.75, 3.05) is 0 Å². The van der Waals surface area contributed by atoms with Crippen LogP contribution in [0.3, 0.4) is 0 Å². The van der Waals surface area contributed by atoms with Gasteiger partial charge in [-0.3, -0.25) is 45.3 Å². The van der Waals surface area contributed by atoms with E-state index in [0.29, 0.717) is 12.1 Å². The number of nitrogens with zero attached hydrogens (tertiary/aromatic N) is 7. The first kappa shape index (κ1) is 29.6. The molecule has 0 fully saturated rings. The van der Waals surface area contributed by atoms with E-state index >= 15 is 0 Å². The molecule has 0 aliphatic rings. The number of Topliss-reactive ketones (excluding diaryl/α,β-unsaturated/α-hetero) is 1. The Morgan fingerprint density at radius 3 is 1.80 bits per heavy atom. The van der Waals surface area contributed by atoms with Crippen LogP contribution in [-0.2, 0) is 6.54 Å². The Hall–Kier alpha value is -6.91. The number of nitro benzene ring substituents is 4. The highest BCUT2D eigenvalue weighted by atomic mass is 16.6. The van der Waals surface area contributed by atoms with Gasteiger partial charge in [-0.1, -0.05) is 47.1 Å². The Balaban J connectivity index is 1.80. The lowest BCUT2D eigenvalue weighted by atomic mass is 10.0. The third-order valence-electron chi connectivity index (χ3n) is 6.66. The van der Waals surface area contributed by atoms with Crippen molar-refractivity contribution < 1.29 is 34.3 Å². The highest BCUT2D eigenvalue weighted by molar-refractivity contribution is 5.97. The maximum Gasteiger partial charge on any atom is 0.294 e. The summed E-state index contributed by atoms with van der Waals surface area (Å²) in [5.74, 6) is -1.49. The Kier molecular flexibility index (Phi) is 7.73. The van der Waals surface area contributed by atoms with Crippen LogP contribution in [0, 0.1) is 40.5 Å². The molecule has 0 saturated carbocycles. The summed E-state index contributed by atoms with van der Waals surface area (Å²) in [5, 5.41) is 65.4. The highest BCUT2D eigenvalue weighted by Gasteiger charge is 2.38. The second-order valence-corrected chi connectivity index (χ2v) is 9.35. The predicted molar refractivity (Wildman–Crippen MR) is 152 cm³/mol. The first-order valence-corrected chi connectivity index (χ1v) is 12.7. The first-order valence-electron chi connectivity index (χ1n) is 12.7. The number of rotatable bonds is 10. The summed E-state index contributed by atoms with van der Waals surface area (Å²) >= 11 is 0. The van der Waals surface area contributed by atoms with Gasteiger partial charge in [0.2, 0.25) is 11.3 Å². The molecule has 0 radical (unpaired) electrons. The van der Waals surface area contributed by atoms with E-state index < -0.39 is 66.1 Å². The average molecular weight is 611 g/mol. The van der Waals surface area contributed by atoms with Gasteiger partial charge in [0, 0.05) is 17.7 Å². The third-order valence-corrected chi connectivity index (χ3v) is 6.66. The van der Waals surface area contributed by atoms with E-state index in [0.717, 1.165) is 21.5 Å². The van der Waals surface area contributed by atoms with E-state index in [1.165, 1.54) is 54.6 Å². The molecule has 1 aromatic heterocycles. The van der Waals surface area contributed by atoms with E-state index in [1.807, 2.05) is 0 Å². The summed E-state index contributed by atoms with van der Waals surface area (Å²) in [5.41, 5.74) is -4.49. The Morgan fingerprint density at radius 2 is 1.24 bits per heavy atom. The minimum atomic E-state index is -1.09. The molecule has 0 amide bonds. The number of carbonyl (C=O) groups is 1. The molecule has 0 spiro atoms. The van der Waals surface area contributed by atoms with Crippen LogP contribution in [0.5, 0.6) is 0 Å². The third kappa shape index (κ3) is 5.63. The highest BCUT2D eigenvalue weighted by Crippen LogP contribution is 2.41. The molecule has 0 atom stereocenters. The van der Waals surface area contributed by atoms with Crippen molar-refractivity contribution in [3.8, 4) is 0 Å². The second-order valence-electron chi connectivity index (χ2n) is 9.35. The lowest BCUT2D eigenvalue weighted by Crippen LogP contribution is -2.41. The number of hydrogen-bond donors (Lipinski definition) is 0. The van der Waals surface area contributed by atoms with E-state index in [-0.39, 0.29) is 27.8 Å². The van der Waals surface area contributed by atoms with Gasteiger partial charge in [-0.2, -0.15) is 0 Å². The number of benzene rings is 4. The minimum Gasteiger partial charge on any atom is -0.869 e. The summed E-state index contributed by atoms with van der Waals surface area (Å²) in [6.07, 6.45) is 0. The number of non-ortho nitro benzene ring substituents is 2. The second kappa shape index (κ2) is 11.8. The molecule has 17 nitrogen and oxygen atoms in total. The molecular weight excluding hydrogens is 594 g/mol. The van der Waals surface area contributed by atoms with Gasteiger partial charge in [-0.25, -0.2) is 0 Å². The maximum atomic E-state index is 14.1. The maximum absolute atomic E-state index is 14.1.